The van der Waals surface area contributed by atoms with E-state index in [2.05, 4.69) is 0 Å². The number of carbonyl (C=O) groups is 2. The maximum Gasteiger partial charge on any atom is 0.340 e. The van der Waals surface area contributed by atoms with Gasteiger partial charge in [0, 0.05) is 18.9 Å². The van der Waals surface area contributed by atoms with E-state index in [9.17, 15) is 9.59 Å². The predicted octanol–water partition coefficient (Wildman–Crippen LogP) is 2.49. The van der Waals surface area contributed by atoms with Crippen LogP contribution in [0.15, 0.2) is 42.7 Å². The molecule has 1 fully saturated rings. The summed E-state index contributed by atoms with van der Waals surface area (Å²) in [5, 5.41) is 0. The number of urea groups is 1. The Morgan fingerprint density at radius 3 is 2.75 bits per heavy atom. The molecule has 6 nitrogen and oxygen atoms in total. The van der Waals surface area contributed by atoms with Crippen molar-refractivity contribution >= 4 is 12.0 Å². The average Bonchev–Trinajstić information content (AvgIpc) is 3.23. The van der Waals surface area contributed by atoms with Gasteiger partial charge in [0.15, 0.2) is 0 Å². The minimum Gasteiger partial charge on any atom is -0.460 e. The summed E-state index contributed by atoms with van der Waals surface area (Å²) in [5.41, 5.74) is 7.62. The van der Waals surface area contributed by atoms with Crippen LogP contribution in [0.25, 0.3) is 5.69 Å². The van der Waals surface area contributed by atoms with Crippen LogP contribution in [0.2, 0.25) is 0 Å². The SMILES string of the molecule is Cc1ccc(-n2cccc2)c(C(=O)OC[C@@H]2CCCN2C(N)=O)c1. The molecule has 1 aromatic carbocycles. The minimum atomic E-state index is -0.461. The summed E-state index contributed by atoms with van der Waals surface area (Å²) in [5.74, 6) is -0.390. The van der Waals surface area contributed by atoms with E-state index in [-0.39, 0.29) is 12.6 Å². The maximum absolute atomic E-state index is 12.6. The molecular formula is C18H21N3O3. The van der Waals surface area contributed by atoms with Crippen molar-refractivity contribution in [3.63, 3.8) is 0 Å². The monoisotopic (exact) mass is 327 g/mol. The number of likely N-dealkylation sites (tertiary alicyclic amines) is 1. The molecule has 2 N–H and O–H groups in total. The van der Waals surface area contributed by atoms with Gasteiger partial charge in [-0.15, -0.1) is 0 Å². The number of nitrogens with zero attached hydrogens (tertiary/aromatic N) is 2. The van der Waals surface area contributed by atoms with E-state index < -0.39 is 12.0 Å². The number of carbonyl (C=O) groups excluding carboxylic acids is 2. The Hall–Kier alpha value is -2.76. The zero-order valence-electron chi connectivity index (χ0n) is 13.6. The molecule has 0 saturated carbocycles. The number of esters is 1. The summed E-state index contributed by atoms with van der Waals surface area (Å²) >= 11 is 0. The summed E-state index contributed by atoms with van der Waals surface area (Å²) in [6, 6.07) is 8.88. The van der Waals surface area contributed by atoms with E-state index in [1.807, 2.05) is 54.2 Å². The van der Waals surface area contributed by atoms with Crippen LogP contribution in [-0.2, 0) is 4.74 Å². The van der Waals surface area contributed by atoms with E-state index >= 15 is 0 Å². The summed E-state index contributed by atoms with van der Waals surface area (Å²) < 4.78 is 7.36. The van der Waals surface area contributed by atoms with Crippen LogP contribution in [0.5, 0.6) is 0 Å². The molecule has 0 unspecified atom stereocenters. The molecule has 1 aliphatic heterocycles. The van der Waals surface area contributed by atoms with Crippen molar-refractivity contribution in [2.45, 2.75) is 25.8 Å². The maximum atomic E-state index is 12.6. The topological polar surface area (TPSA) is 77.6 Å². The van der Waals surface area contributed by atoms with Crippen molar-refractivity contribution in [1.82, 2.24) is 9.47 Å². The average molecular weight is 327 g/mol. The molecule has 1 saturated heterocycles. The van der Waals surface area contributed by atoms with Crippen LogP contribution in [0.3, 0.4) is 0 Å². The van der Waals surface area contributed by atoms with Gasteiger partial charge in [0.05, 0.1) is 17.3 Å². The van der Waals surface area contributed by atoms with Crippen molar-refractivity contribution in [1.29, 1.82) is 0 Å². The smallest absolute Gasteiger partial charge is 0.340 e. The first-order valence-electron chi connectivity index (χ1n) is 8.03. The summed E-state index contributed by atoms with van der Waals surface area (Å²) in [6.07, 6.45) is 5.44. The first-order valence-corrected chi connectivity index (χ1v) is 8.03. The Kier molecular flexibility index (Phi) is 4.55. The van der Waals surface area contributed by atoms with E-state index in [0.717, 1.165) is 24.1 Å². The number of primary amides is 1. The normalized spacial score (nSPS) is 17.0. The lowest BCUT2D eigenvalue weighted by Gasteiger charge is -2.22. The van der Waals surface area contributed by atoms with Gasteiger partial charge in [-0.1, -0.05) is 11.6 Å². The molecule has 2 heterocycles. The number of rotatable bonds is 4. The molecule has 2 aromatic rings. The second-order valence-corrected chi connectivity index (χ2v) is 6.04. The number of ether oxygens (including phenoxy) is 1. The molecule has 126 valence electrons. The highest BCUT2D eigenvalue weighted by Crippen LogP contribution is 2.20. The van der Waals surface area contributed by atoms with E-state index in [4.69, 9.17) is 10.5 Å². The Labute approximate surface area is 140 Å². The van der Waals surface area contributed by atoms with Crippen LogP contribution in [0.4, 0.5) is 4.79 Å². The molecule has 6 heteroatoms. The molecule has 0 aliphatic carbocycles. The predicted molar refractivity (Wildman–Crippen MR) is 90.1 cm³/mol. The van der Waals surface area contributed by atoms with Crippen LogP contribution in [0.1, 0.15) is 28.8 Å². The zero-order chi connectivity index (χ0) is 17.1. The van der Waals surface area contributed by atoms with Crippen LogP contribution in [0, 0.1) is 6.92 Å². The summed E-state index contributed by atoms with van der Waals surface area (Å²) in [6.45, 7) is 2.72. The fraction of sp³-hybridized carbons (Fsp3) is 0.333. The van der Waals surface area contributed by atoms with Gasteiger partial charge in [0.2, 0.25) is 0 Å². The number of hydrogen-bond donors (Lipinski definition) is 1. The third kappa shape index (κ3) is 3.27. The Morgan fingerprint density at radius 1 is 1.29 bits per heavy atom. The first-order chi connectivity index (χ1) is 11.6. The molecule has 1 atom stereocenters. The van der Waals surface area contributed by atoms with Crippen LogP contribution in [-0.4, -0.2) is 40.7 Å². The molecule has 24 heavy (non-hydrogen) atoms. The number of aryl methyl sites for hydroxylation is 1. The van der Waals surface area contributed by atoms with Gasteiger partial charge in [-0.2, -0.15) is 0 Å². The largest absolute Gasteiger partial charge is 0.460 e. The van der Waals surface area contributed by atoms with E-state index in [1.165, 1.54) is 0 Å². The second kappa shape index (κ2) is 6.78. The third-order valence-corrected chi connectivity index (χ3v) is 4.32. The highest BCUT2D eigenvalue weighted by atomic mass is 16.5. The number of benzene rings is 1. The van der Waals surface area contributed by atoms with Crippen molar-refractivity contribution < 1.29 is 14.3 Å². The molecule has 0 bridgehead atoms. The standard InChI is InChI=1S/C18H21N3O3/c1-13-6-7-16(20-8-2-3-9-20)15(11-13)17(22)24-12-14-5-4-10-21(14)18(19)23/h2-3,6-9,11,14H,4-5,10,12H2,1H3,(H2,19,23)/t14-/m0/s1. The molecule has 3 rings (SSSR count). The Bertz CT molecular complexity index is 740. The van der Waals surface area contributed by atoms with E-state index in [0.29, 0.717) is 12.1 Å². The van der Waals surface area contributed by atoms with Crippen molar-refractivity contribution in [3.05, 3.63) is 53.9 Å². The minimum absolute atomic E-state index is 0.133. The van der Waals surface area contributed by atoms with Crippen LogP contribution < -0.4 is 5.73 Å². The molecular weight excluding hydrogens is 306 g/mol. The summed E-state index contributed by atoms with van der Waals surface area (Å²) in [4.78, 5) is 25.5. The quantitative estimate of drug-likeness (QED) is 0.876. The fourth-order valence-corrected chi connectivity index (χ4v) is 3.08. The molecule has 2 amide bonds. The Morgan fingerprint density at radius 2 is 2.04 bits per heavy atom. The third-order valence-electron chi connectivity index (χ3n) is 4.32. The van der Waals surface area contributed by atoms with Crippen molar-refractivity contribution in [2.24, 2.45) is 5.73 Å². The fourth-order valence-electron chi connectivity index (χ4n) is 3.08. The van der Waals surface area contributed by atoms with Gasteiger partial charge in [-0.3, -0.25) is 0 Å². The summed E-state index contributed by atoms with van der Waals surface area (Å²) in [7, 11) is 0. The van der Waals surface area contributed by atoms with Crippen LogP contribution >= 0.6 is 0 Å². The lowest BCUT2D eigenvalue weighted by molar-refractivity contribution is 0.0422. The van der Waals surface area contributed by atoms with Gasteiger partial charge in [-0.25, -0.2) is 9.59 Å². The van der Waals surface area contributed by atoms with Crippen molar-refractivity contribution in [2.75, 3.05) is 13.2 Å². The van der Waals surface area contributed by atoms with Gasteiger partial charge in [0.1, 0.15) is 6.61 Å². The highest BCUT2D eigenvalue weighted by Gasteiger charge is 2.28. The number of aromatic nitrogens is 1. The zero-order valence-corrected chi connectivity index (χ0v) is 13.6. The lowest BCUT2D eigenvalue weighted by atomic mass is 10.1. The van der Waals surface area contributed by atoms with Gasteiger partial charge >= 0.3 is 12.0 Å². The second-order valence-electron chi connectivity index (χ2n) is 6.04. The molecule has 1 aliphatic rings. The van der Waals surface area contributed by atoms with Gasteiger partial charge in [-0.05, 0) is 44.0 Å². The molecule has 0 spiro atoms. The number of hydrogen-bond acceptors (Lipinski definition) is 3. The lowest BCUT2D eigenvalue weighted by Crippen LogP contribution is -2.42. The van der Waals surface area contributed by atoms with Gasteiger partial charge < -0.3 is 19.9 Å². The molecule has 1 aromatic heterocycles. The van der Waals surface area contributed by atoms with E-state index in [1.54, 1.807) is 4.90 Å². The molecule has 0 radical (unpaired) electrons. The number of amides is 2. The van der Waals surface area contributed by atoms with Gasteiger partial charge in [0.25, 0.3) is 0 Å². The van der Waals surface area contributed by atoms with Crippen molar-refractivity contribution in [3.8, 4) is 5.69 Å². The highest BCUT2D eigenvalue weighted by molar-refractivity contribution is 5.93. The first kappa shape index (κ1) is 16.1. The number of nitrogens with two attached hydrogens (primary N) is 1. The Balaban J connectivity index is 1.76.